The number of carbonyl (C=O) groups excluding carboxylic acids is 3. The lowest BCUT2D eigenvalue weighted by Gasteiger charge is -2.19. The molecule has 2 saturated carbocycles. The molecular weight excluding hydrogens is 344 g/mol. The van der Waals surface area contributed by atoms with Gasteiger partial charge in [0.15, 0.2) is 0 Å². The van der Waals surface area contributed by atoms with Gasteiger partial charge in [0.05, 0.1) is 18.4 Å². The fourth-order valence-corrected chi connectivity index (χ4v) is 5.16. The van der Waals surface area contributed by atoms with Crippen LogP contribution < -0.4 is 10.2 Å². The molecule has 0 spiro atoms. The van der Waals surface area contributed by atoms with Gasteiger partial charge in [-0.2, -0.15) is 5.01 Å². The fraction of sp³-hybridized carbons (Fsp3) is 0.476. The lowest BCUT2D eigenvalue weighted by molar-refractivity contribution is -0.143. The molecule has 0 aromatic heterocycles. The average Bonchev–Trinajstić information content (AvgIpc) is 3.28. The number of carbonyl (C=O) groups is 3. The Bertz CT molecular complexity index is 823. The second kappa shape index (κ2) is 6.51. The molecule has 1 aromatic carbocycles. The SMILES string of the molecule is CCOc1cccc(C(=O)NN2C(=O)[C@H]3[C@H](C2=O)[C@H]2CC[C@H]3C2=C(C)C)c1. The molecule has 0 radical (unpaired) electrons. The standard InChI is InChI=1S/C21H24N2O4/c1-4-27-13-7-5-6-12(10-13)19(24)22-23-20(25)17-14-8-9-15(16(14)11(2)3)18(17)21(23)26/h5-7,10,14-15,17-18H,4,8-9H2,1-3H3,(H,22,24)/t14-,15-,17+,18+/m0/s1. The summed E-state index contributed by atoms with van der Waals surface area (Å²) in [5, 5.41) is 0.956. The van der Waals surface area contributed by atoms with E-state index in [2.05, 4.69) is 19.3 Å². The molecule has 1 aliphatic heterocycles. The predicted molar refractivity (Wildman–Crippen MR) is 98.5 cm³/mol. The summed E-state index contributed by atoms with van der Waals surface area (Å²) in [7, 11) is 0. The number of ether oxygens (including phenoxy) is 1. The van der Waals surface area contributed by atoms with Gasteiger partial charge in [-0.1, -0.05) is 17.2 Å². The van der Waals surface area contributed by atoms with Crippen molar-refractivity contribution in [3.8, 4) is 5.75 Å². The molecule has 142 valence electrons. The van der Waals surface area contributed by atoms with E-state index in [1.165, 1.54) is 11.1 Å². The van der Waals surface area contributed by atoms with Crippen LogP contribution in [-0.2, 0) is 9.59 Å². The smallest absolute Gasteiger partial charge is 0.270 e. The predicted octanol–water partition coefficient (Wildman–Crippen LogP) is 2.71. The van der Waals surface area contributed by atoms with Gasteiger partial charge in [0, 0.05) is 5.56 Å². The Kier molecular flexibility index (Phi) is 4.29. The molecule has 1 heterocycles. The molecule has 2 aliphatic carbocycles. The van der Waals surface area contributed by atoms with Crippen molar-refractivity contribution in [2.45, 2.75) is 33.6 Å². The average molecular weight is 368 g/mol. The van der Waals surface area contributed by atoms with Crippen LogP contribution in [0.3, 0.4) is 0 Å². The summed E-state index contributed by atoms with van der Waals surface area (Å²) in [6.07, 6.45) is 1.90. The van der Waals surface area contributed by atoms with Gasteiger partial charge in [0.2, 0.25) is 0 Å². The summed E-state index contributed by atoms with van der Waals surface area (Å²) in [6, 6.07) is 6.71. The van der Waals surface area contributed by atoms with Crippen molar-refractivity contribution in [1.82, 2.24) is 10.4 Å². The van der Waals surface area contributed by atoms with E-state index in [4.69, 9.17) is 4.74 Å². The number of hydrazine groups is 1. The molecule has 1 N–H and O–H groups in total. The van der Waals surface area contributed by atoms with Gasteiger partial charge in [-0.15, -0.1) is 0 Å². The van der Waals surface area contributed by atoms with Gasteiger partial charge >= 0.3 is 0 Å². The quantitative estimate of drug-likeness (QED) is 0.655. The molecule has 1 saturated heterocycles. The lowest BCUT2D eigenvalue weighted by Crippen LogP contribution is -2.47. The molecule has 1 aromatic rings. The van der Waals surface area contributed by atoms with Gasteiger partial charge in [-0.3, -0.25) is 19.8 Å². The van der Waals surface area contributed by atoms with Crippen molar-refractivity contribution in [3.05, 3.63) is 41.0 Å². The van der Waals surface area contributed by atoms with Crippen LogP contribution in [0.1, 0.15) is 44.0 Å². The van der Waals surface area contributed by atoms with Gasteiger partial charge in [-0.05, 0) is 63.6 Å². The van der Waals surface area contributed by atoms with E-state index in [1.807, 2.05) is 6.92 Å². The summed E-state index contributed by atoms with van der Waals surface area (Å²) in [6.45, 7) is 6.47. The first-order valence-electron chi connectivity index (χ1n) is 9.53. The van der Waals surface area contributed by atoms with E-state index < -0.39 is 5.91 Å². The van der Waals surface area contributed by atoms with Crippen LogP contribution in [-0.4, -0.2) is 29.3 Å². The molecular formula is C21H24N2O4. The highest BCUT2D eigenvalue weighted by atomic mass is 16.5. The summed E-state index contributed by atoms with van der Waals surface area (Å²) < 4.78 is 5.41. The number of allylic oxidation sites excluding steroid dienone is 2. The molecule has 4 rings (SSSR count). The topological polar surface area (TPSA) is 75.7 Å². The van der Waals surface area contributed by atoms with Gasteiger partial charge in [-0.25, -0.2) is 0 Å². The maximum absolute atomic E-state index is 12.9. The Morgan fingerprint density at radius 1 is 1.15 bits per heavy atom. The number of benzene rings is 1. The van der Waals surface area contributed by atoms with Crippen LogP contribution in [0.5, 0.6) is 5.75 Å². The van der Waals surface area contributed by atoms with Gasteiger partial charge in [0.25, 0.3) is 17.7 Å². The first kappa shape index (κ1) is 17.8. The Morgan fingerprint density at radius 2 is 1.78 bits per heavy atom. The van der Waals surface area contributed by atoms with E-state index >= 15 is 0 Å². The van der Waals surface area contributed by atoms with E-state index in [9.17, 15) is 14.4 Å². The van der Waals surface area contributed by atoms with E-state index in [0.717, 1.165) is 17.9 Å². The number of hydrogen-bond acceptors (Lipinski definition) is 4. The molecule has 6 nitrogen and oxygen atoms in total. The van der Waals surface area contributed by atoms with Crippen LogP contribution in [0.15, 0.2) is 35.4 Å². The first-order chi connectivity index (χ1) is 12.9. The van der Waals surface area contributed by atoms with Crippen molar-refractivity contribution in [1.29, 1.82) is 0 Å². The molecule has 2 bridgehead atoms. The van der Waals surface area contributed by atoms with Crippen molar-refractivity contribution in [2.24, 2.45) is 23.7 Å². The van der Waals surface area contributed by atoms with Crippen molar-refractivity contribution < 1.29 is 19.1 Å². The fourth-order valence-electron chi connectivity index (χ4n) is 5.16. The maximum Gasteiger partial charge on any atom is 0.270 e. The Morgan fingerprint density at radius 3 is 2.33 bits per heavy atom. The second-order valence-corrected chi connectivity index (χ2v) is 7.71. The molecule has 3 fully saturated rings. The minimum atomic E-state index is -0.479. The van der Waals surface area contributed by atoms with E-state index in [1.54, 1.807) is 24.3 Å². The molecule has 3 amide bonds. The largest absolute Gasteiger partial charge is 0.494 e. The summed E-state index contributed by atoms with van der Waals surface area (Å²) in [5.74, 6) is -0.808. The summed E-state index contributed by atoms with van der Waals surface area (Å²) in [4.78, 5) is 38.5. The van der Waals surface area contributed by atoms with Crippen LogP contribution in [0.25, 0.3) is 0 Å². The van der Waals surface area contributed by atoms with Crippen LogP contribution in [0.4, 0.5) is 0 Å². The third-order valence-corrected chi connectivity index (χ3v) is 6.05. The number of rotatable bonds is 4. The highest BCUT2D eigenvalue weighted by Gasteiger charge is 2.63. The number of nitrogens with zero attached hydrogens (tertiary/aromatic N) is 1. The number of fused-ring (bicyclic) bond motifs is 5. The molecule has 4 atom stereocenters. The maximum atomic E-state index is 12.9. The van der Waals surface area contributed by atoms with E-state index in [-0.39, 0.29) is 35.5 Å². The number of amides is 3. The minimum absolute atomic E-state index is 0.143. The number of imide groups is 1. The Hall–Kier alpha value is -2.63. The third kappa shape index (κ3) is 2.66. The Balaban J connectivity index is 1.55. The van der Waals surface area contributed by atoms with Crippen LogP contribution in [0, 0.1) is 23.7 Å². The zero-order valence-corrected chi connectivity index (χ0v) is 15.8. The zero-order valence-electron chi connectivity index (χ0n) is 15.8. The summed E-state index contributed by atoms with van der Waals surface area (Å²) in [5.41, 5.74) is 5.40. The van der Waals surface area contributed by atoms with Gasteiger partial charge in [0.1, 0.15) is 5.75 Å². The van der Waals surface area contributed by atoms with Crippen molar-refractivity contribution in [3.63, 3.8) is 0 Å². The monoisotopic (exact) mass is 368 g/mol. The first-order valence-corrected chi connectivity index (χ1v) is 9.53. The lowest BCUT2D eigenvalue weighted by atomic mass is 9.81. The summed E-state index contributed by atoms with van der Waals surface area (Å²) >= 11 is 0. The highest BCUT2D eigenvalue weighted by Crippen LogP contribution is 2.59. The van der Waals surface area contributed by atoms with E-state index in [0.29, 0.717) is 17.9 Å². The van der Waals surface area contributed by atoms with Gasteiger partial charge < -0.3 is 4.74 Å². The molecule has 0 unspecified atom stereocenters. The van der Waals surface area contributed by atoms with Crippen molar-refractivity contribution >= 4 is 17.7 Å². The highest BCUT2D eigenvalue weighted by molar-refractivity contribution is 6.09. The zero-order chi connectivity index (χ0) is 19.3. The minimum Gasteiger partial charge on any atom is -0.494 e. The third-order valence-electron chi connectivity index (χ3n) is 6.05. The second-order valence-electron chi connectivity index (χ2n) is 7.71. The number of hydrogen-bond donors (Lipinski definition) is 1. The molecule has 3 aliphatic rings. The molecule has 27 heavy (non-hydrogen) atoms. The van der Waals surface area contributed by atoms with Crippen molar-refractivity contribution in [2.75, 3.05) is 6.61 Å². The number of nitrogens with one attached hydrogen (secondary N) is 1. The van der Waals surface area contributed by atoms with Crippen LogP contribution in [0.2, 0.25) is 0 Å². The Labute approximate surface area is 158 Å². The molecule has 6 heteroatoms. The normalized spacial score (nSPS) is 28.6. The van der Waals surface area contributed by atoms with Crippen LogP contribution >= 0.6 is 0 Å².